The minimum atomic E-state index is 0.560. The van der Waals surface area contributed by atoms with E-state index < -0.39 is 0 Å². The third-order valence-corrected chi connectivity index (χ3v) is 4.60. The Kier molecular flexibility index (Phi) is 4.87. The normalized spacial score (nSPS) is 25.1. The Morgan fingerprint density at radius 3 is 1.47 bits per heavy atom. The highest BCUT2D eigenvalue weighted by molar-refractivity contribution is 4.81. The maximum absolute atomic E-state index is 3.47. The predicted molar refractivity (Wildman–Crippen MR) is 74.2 cm³/mol. The lowest BCUT2D eigenvalue weighted by atomic mass is 9.72. The second-order valence-electron chi connectivity index (χ2n) is 6.96. The van der Waals surface area contributed by atoms with Crippen molar-refractivity contribution in [3.63, 3.8) is 0 Å². The average Bonchev–Trinajstić information content (AvgIpc) is 2.30. The summed E-state index contributed by atoms with van der Waals surface area (Å²) in [6, 6.07) is 0. The molecule has 0 unspecified atom stereocenters. The maximum Gasteiger partial charge on any atom is -0.00463 e. The molecule has 2 aliphatic heterocycles. The zero-order valence-corrected chi connectivity index (χ0v) is 11.7. The van der Waals surface area contributed by atoms with E-state index in [1.807, 2.05) is 0 Å². The van der Waals surface area contributed by atoms with Gasteiger partial charge in [-0.25, -0.2) is 0 Å². The molecule has 2 rings (SSSR count). The van der Waals surface area contributed by atoms with E-state index in [0.29, 0.717) is 5.41 Å². The Balaban J connectivity index is 1.75. The summed E-state index contributed by atoms with van der Waals surface area (Å²) >= 11 is 0. The summed E-state index contributed by atoms with van der Waals surface area (Å²) in [5.74, 6) is 1.96. The summed E-state index contributed by atoms with van der Waals surface area (Å²) in [6.07, 6.45) is 8.48. The summed E-state index contributed by atoms with van der Waals surface area (Å²) in [6.45, 7) is 9.97. The Morgan fingerprint density at radius 2 is 1.12 bits per heavy atom. The first-order valence-electron chi connectivity index (χ1n) is 7.57. The van der Waals surface area contributed by atoms with Crippen molar-refractivity contribution in [2.75, 3.05) is 26.2 Å². The number of rotatable bonds is 4. The van der Waals surface area contributed by atoms with Crippen LogP contribution in [-0.4, -0.2) is 26.2 Å². The second-order valence-corrected chi connectivity index (χ2v) is 6.96. The Morgan fingerprint density at radius 1 is 0.765 bits per heavy atom. The monoisotopic (exact) mass is 238 g/mol. The van der Waals surface area contributed by atoms with Gasteiger partial charge in [0, 0.05) is 0 Å². The minimum absolute atomic E-state index is 0.560. The fourth-order valence-corrected chi connectivity index (χ4v) is 3.82. The lowest BCUT2D eigenvalue weighted by Crippen LogP contribution is -2.33. The molecule has 2 aliphatic rings. The molecule has 0 aromatic heterocycles. The summed E-state index contributed by atoms with van der Waals surface area (Å²) in [5, 5.41) is 6.95. The molecule has 0 amide bonds. The van der Waals surface area contributed by atoms with Gasteiger partial charge < -0.3 is 10.6 Å². The van der Waals surface area contributed by atoms with E-state index in [0.717, 1.165) is 11.8 Å². The quantitative estimate of drug-likeness (QED) is 0.787. The molecular weight excluding hydrogens is 208 g/mol. The molecule has 0 atom stereocenters. The van der Waals surface area contributed by atoms with Gasteiger partial charge in [0.2, 0.25) is 0 Å². The highest BCUT2D eigenvalue weighted by Gasteiger charge is 2.28. The van der Waals surface area contributed by atoms with Crippen LogP contribution in [0.4, 0.5) is 0 Å². The van der Waals surface area contributed by atoms with Crippen LogP contribution in [0.5, 0.6) is 0 Å². The molecule has 0 aromatic rings. The van der Waals surface area contributed by atoms with Crippen molar-refractivity contribution in [3.8, 4) is 0 Å². The lowest BCUT2D eigenvalue weighted by Gasteiger charge is -2.36. The number of hydrogen-bond donors (Lipinski definition) is 2. The Bertz CT molecular complexity index is 191. The minimum Gasteiger partial charge on any atom is -0.317 e. The van der Waals surface area contributed by atoms with Gasteiger partial charge in [-0.15, -0.1) is 0 Å². The molecule has 0 saturated carbocycles. The van der Waals surface area contributed by atoms with Crippen molar-refractivity contribution in [1.29, 1.82) is 0 Å². The second kappa shape index (κ2) is 6.19. The molecule has 100 valence electrons. The van der Waals surface area contributed by atoms with Gasteiger partial charge in [0.15, 0.2) is 0 Å². The molecule has 2 saturated heterocycles. The maximum atomic E-state index is 3.47. The van der Waals surface area contributed by atoms with Crippen molar-refractivity contribution in [2.45, 2.75) is 52.4 Å². The number of hydrogen-bond acceptors (Lipinski definition) is 2. The van der Waals surface area contributed by atoms with Gasteiger partial charge >= 0.3 is 0 Å². The molecule has 0 aromatic carbocycles. The van der Waals surface area contributed by atoms with Crippen LogP contribution in [0.1, 0.15) is 52.4 Å². The molecule has 0 spiro atoms. The standard InChI is InChI=1S/C15H30N2/c1-15(2,11-13-3-7-16-8-4-13)12-14-5-9-17-10-6-14/h13-14,16-17H,3-12H2,1-2H3. The molecule has 2 heteroatoms. The van der Waals surface area contributed by atoms with Crippen molar-refractivity contribution in [1.82, 2.24) is 10.6 Å². The van der Waals surface area contributed by atoms with Crippen LogP contribution in [0, 0.1) is 17.3 Å². The zero-order valence-electron chi connectivity index (χ0n) is 11.7. The van der Waals surface area contributed by atoms with Crippen molar-refractivity contribution in [2.24, 2.45) is 17.3 Å². The molecule has 2 heterocycles. The van der Waals surface area contributed by atoms with Crippen molar-refractivity contribution in [3.05, 3.63) is 0 Å². The van der Waals surface area contributed by atoms with Crippen molar-refractivity contribution < 1.29 is 0 Å². The third kappa shape index (κ3) is 4.59. The lowest BCUT2D eigenvalue weighted by molar-refractivity contribution is 0.169. The molecule has 2 nitrogen and oxygen atoms in total. The van der Waals surface area contributed by atoms with E-state index in [1.54, 1.807) is 0 Å². The van der Waals surface area contributed by atoms with Crippen LogP contribution in [-0.2, 0) is 0 Å². The van der Waals surface area contributed by atoms with E-state index in [4.69, 9.17) is 0 Å². The number of piperidine rings is 2. The van der Waals surface area contributed by atoms with Crippen LogP contribution in [0.3, 0.4) is 0 Å². The average molecular weight is 238 g/mol. The Labute approximate surface area is 107 Å². The fourth-order valence-electron chi connectivity index (χ4n) is 3.82. The van der Waals surface area contributed by atoms with Crippen LogP contribution < -0.4 is 10.6 Å². The van der Waals surface area contributed by atoms with Gasteiger partial charge in [-0.2, -0.15) is 0 Å². The SMILES string of the molecule is CC(C)(CC1CCNCC1)CC1CCNCC1. The fraction of sp³-hybridized carbons (Fsp3) is 1.00. The first-order valence-corrected chi connectivity index (χ1v) is 7.57. The van der Waals surface area contributed by atoms with Gasteiger partial charge in [0.05, 0.1) is 0 Å². The molecule has 0 bridgehead atoms. The van der Waals surface area contributed by atoms with Gasteiger partial charge in [-0.05, 0) is 82.0 Å². The van der Waals surface area contributed by atoms with Gasteiger partial charge in [-0.3, -0.25) is 0 Å². The molecule has 17 heavy (non-hydrogen) atoms. The summed E-state index contributed by atoms with van der Waals surface area (Å²) < 4.78 is 0. The highest BCUT2D eigenvalue weighted by atomic mass is 14.9. The van der Waals surface area contributed by atoms with Gasteiger partial charge in [0.1, 0.15) is 0 Å². The first kappa shape index (κ1) is 13.4. The highest BCUT2D eigenvalue weighted by Crippen LogP contribution is 2.37. The summed E-state index contributed by atoms with van der Waals surface area (Å²) in [5.41, 5.74) is 0.560. The number of nitrogens with one attached hydrogen (secondary N) is 2. The van der Waals surface area contributed by atoms with Crippen LogP contribution >= 0.6 is 0 Å². The Hall–Kier alpha value is -0.0800. The van der Waals surface area contributed by atoms with E-state index in [1.165, 1.54) is 64.7 Å². The first-order chi connectivity index (χ1) is 8.16. The third-order valence-electron chi connectivity index (χ3n) is 4.60. The largest absolute Gasteiger partial charge is 0.317 e. The molecule has 0 aliphatic carbocycles. The summed E-state index contributed by atoms with van der Waals surface area (Å²) in [7, 11) is 0. The van der Waals surface area contributed by atoms with E-state index in [2.05, 4.69) is 24.5 Å². The van der Waals surface area contributed by atoms with Crippen LogP contribution in [0.25, 0.3) is 0 Å². The zero-order chi connectivity index (χ0) is 12.1. The van der Waals surface area contributed by atoms with E-state index in [-0.39, 0.29) is 0 Å². The van der Waals surface area contributed by atoms with E-state index >= 15 is 0 Å². The molecule has 0 radical (unpaired) electrons. The van der Waals surface area contributed by atoms with E-state index in [9.17, 15) is 0 Å². The molecule has 2 N–H and O–H groups in total. The van der Waals surface area contributed by atoms with Crippen molar-refractivity contribution >= 4 is 0 Å². The van der Waals surface area contributed by atoms with Crippen LogP contribution in [0.15, 0.2) is 0 Å². The van der Waals surface area contributed by atoms with Gasteiger partial charge in [-0.1, -0.05) is 13.8 Å². The van der Waals surface area contributed by atoms with Crippen LogP contribution in [0.2, 0.25) is 0 Å². The smallest absolute Gasteiger partial charge is 0.00463 e. The predicted octanol–water partition coefficient (Wildman–Crippen LogP) is 2.79. The summed E-state index contributed by atoms with van der Waals surface area (Å²) in [4.78, 5) is 0. The topological polar surface area (TPSA) is 24.1 Å². The molecule has 2 fully saturated rings. The molecular formula is C15H30N2. The van der Waals surface area contributed by atoms with Gasteiger partial charge in [0.25, 0.3) is 0 Å².